The average Bonchev–Trinajstić information content (AvgIpc) is 2.89. The number of hydrogen-bond acceptors (Lipinski definition) is 4. The molecule has 1 aliphatic heterocycles. The van der Waals surface area contributed by atoms with Crippen LogP contribution in [0.3, 0.4) is 0 Å². The molecule has 1 saturated heterocycles. The first-order valence-corrected chi connectivity index (χ1v) is 13.3. The molecule has 0 atom stereocenters. The second kappa shape index (κ2) is 9.57. The Labute approximate surface area is 201 Å². The van der Waals surface area contributed by atoms with Gasteiger partial charge in [0.2, 0.25) is 15.4 Å². The molecule has 5 nitrogen and oxygen atoms in total. The predicted octanol–water partition coefficient (Wildman–Crippen LogP) is 4.37. The van der Waals surface area contributed by atoms with Crippen LogP contribution in [-0.4, -0.2) is 39.5 Å². The van der Waals surface area contributed by atoms with E-state index in [-0.39, 0.29) is 0 Å². The molecule has 0 aliphatic carbocycles. The number of benzene rings is 3. The van der Waals surface area contributed by atoms with Crippen molar-refractivity contribution < 1.29 is 13.4 Å². The Morgan fingerprint density at radius 2 is 1.50 bits per heavy atom. The minimum Gasteiger partial charge on any atom is -0.367 e. The van der Waals surface area contributed by atoms with E-state index in [4.69, 9.17) is 0 Å². The topological polar surface area (TPSA) is 54.8 Å². The molecule has 1 aliphatic rings. The zero-order valence-electron chi connectivity index (χ0n) is 19.4. The van der Waals surface area contributed by atoms with Crippen molar-refractivity contribution in [1.82, 2.24) is 4.90 Å². The van der Waals surface area contributed by atoms with Crippen LogP contribution in [0, 0.1) is 0 Å². The summed E-state index contributed by atoms with van der Waals surface area (Å²) in [5.74, 6) is 0. The smallest absolute Gasteiger partial charge is 0.214 e. The van der Waals surface area contributed by atoms with Gasteiger partial charge in [-0.3, -0.25) is 4.90 Å². The number of aromatic amines is 1. The number of fused-ring (bicyclic) bond motifs is 1. The normalized spacial score (nSPS) is 15.0. The Morgan fingerprint density at radius 1 is 0.824 bits per heavy atom. The predicted molar refractivity (Wildman–Crippen MR) is 136 cm³/mol. The summed E-state index contributed by atoms with van der Waals surface area (Å²) in [6.45, 7) is 6.35. The van der Waals surface area contributed by atoms with Gasteiger partial charge in [-0.2, -0.15) is 0 Å². The van der Waals surface area contributed by atoms with Crippen molar-refractivity contribution in [2.45, 2.75) is 29.7 Å². The number of aryl methyl sites for hydroxylation is 1. The van der Waals surface area contributed by atoms with E-state index in [1.807, 2.05) is 12.1 Å². The van der Waals surface area contributed by atoms with Crippen molar-refractivity contribution in [1.29, 1.82) is 0 Å². The molecule has 2 heterocycles. The summed E-state index contributed by atoms with van der Waals surface area (Å²) < 4.78 is 27.5. The summed E-state index contributed by atoms with van der Waals surface area (Å²) in [4.78, 5) is 8.61. The van der Waals surface area contributed by atoms with E-state index >= 15 is 0 Å². The number of aromatic nitrogens is 1. The fraction of sp³-hybridized carbons (Fsp3) is 0.250. The first kappa shape index (κ1) is 22.6. The van der Waals surface area contributed by atoms with Crippen LogP contribution in [0.1, 0.15) is 18.1 Å². The van der Waals surface area contributed by atoms with Gasteiger partial charge in [-0.05, 0) is 35.7 Å². The van der Waals surface area contributed by atoms with E-state index in [1.54, 1.807) is 30.5 Å². The molecular weight excluding hydrogens is 442 g/mol. The first-order chi connectivity index (χ1) is 16.6. The zero-order valence-corrected chi connectivity index (χ0v) is 20.3. The van der Waals surface area contributed by atoms with Gasteiger partial charge in [-0.25, -0.2) is 13.4 Å². The molecule has 1 N–H and O–H groups in total. The van der Waals surface area contributed by atoms with Crippen LogP contribution in [0.2, 0.25) is 0 Å². The number of rotatable bonds is 6. The van der Waals surface area contributed by atoms with Crippen molar-refractivity contribution in [2.75, 3.05) is 31.1 Å². The van der Waals surface area contributed by atoms with Crippen LogP contribution in [0.4, 0.5) is 5.69 Å². The lowest BCUT2D eigenvalue weighted by Crippen LogP contribution is -2.46. The lowest BCUT2D eigenvalue weighted by molar-refractivity contribution is -0.347. The van der Waals surface area contributed by atoms with Crippen LogP contribution in [0.25, 0.3) is 10.9 Å². The van der Waals surface area contributed by atoms with Crippen molar-refractivity contribution in [2.24, 2.45) is 0 Å². The van der Waals surface area contributed by atoms with E-state index in [0.29, 0.717) is 9.79 Å². The van der Waals surface area contributed by atoms with Crippen LogP contribution < -0.4 is 9.88 Å². The summed E-state index contributed by atoms with van der Waals surface area (Å²) in [5.41, 5.74) is 4.26. The van der Waals surface area contributed by atoms with E-state index in [1.165, 1.54) is 11.1 Å². The molecule has 174 valence electrons. The van der Waals surface area contributed by atoms with Gasteiger partial charge in [-0.1, -0.05) is 61.5 Å². The number of anilines is 1. The summed E-state index contributed by atoms with van der Waals surface area (Å²) >= 11 is 0. The maximum Gasteiger partial charge on any atom is 0.214 e. The van der Waals surface area contributed by atoms with Crippen LogP contribution in [0.5, 0.6) is 0 Å². The van der Waals surface area contributed by atoms with E-state index in [0.717, 1.165) is 55.7 Å². The Morgan fingerprint density at radius 3 is 2.18 bits per heavy atom. The molecule has 34 heavy (non-hydrogen) atoms. The number of hydrogen-bond donors (Lipinski definition) is 0. The van der Waals surface area contributed by atoms with Gasteiger partial charge in [0.1, 0.15) is 0 Å². The lowest BCUT2D eigenvalue weighted by atomic mass is 10.1. The zero-order chi connectivity index (χ0) is 23.5. The van der Waals surface area contributed by atoms with Crippen molar-refractivity contribution in [3.63, 3.8) is 0 Å². The van der Waals surface area contributed by atoms with Gasteiger partial charge < -0.3 is 4.90 Å². The highest BCUT2D eigenvalue weighted by Gasteiger charge is 2.31. The number of nitrogens with zero attached hydrogens (tertiary/aromatic N) is 2. The number of sulfone groups is 1. The van der Waals surface area contributed by atoms with Gasteiger partial charge in [-0.15, -0.1) is 0 Å². The molecule has 0 unspecified atom stereocenters. The molecule has 3 aromatic carbocycles. The number of piperazine rings is 1. The van der Waals surface area contributed by atoms with Gasteiger partial charge in [0.15, 0.2) is 11.1 Å². The largest absolute Gasteiger partial charge is 0.367 e. The lowest BCUT2D eigenvalue weighted by Gasteiger charge is -2.37. The van der Waals surface area contributed by atoms with Crippen LogP contribution in [-0.2, 0) is 22.8 Å². The molecular formula is C28H30N3O2S+. The SMILES string of the molecule is CCc1ccc2[nH+]cc(S(=O)(=O)c3ccccc3)c(N3CCN(Cc4ccccc4)CC3)c2c1. The quantitative estimate of drug-likeness (QED) is 0.418. The third-order valence-corrected chi connectivity index (χ3v) is 8.40. The standard InChI is InChI=1S/C28H29N3O2S/c1-2-22-13-14-26-25(19-22)28(27(20-29-26)34(32,33)24-11-7-4-8-12-24)31-17-15-30(16-18-31)21-23-9-5-3-6-10-23/h3-14,19-20H,2,15-18,21H2,1H3/p+1. The van der Waals surface area contributed by atoms with E-state index < -0.39 is 9.84 Å². The number of nitrogens with one attached hydrogen (secondary N) is 1. The molecule has 0 bridgehead atoms. The third-order valence-electron chi connectivity index (χ3n) is 6.62. The van der Waals surface area contributed by atoms with Gasteiger partial charge >= 0.3 is 0 Å². The Hall–Kier alpha value is -3.22. The monoisotopic (exact) mass is 472 g/mol. The number of pyridine rings is 1. The molecule has 4 aromatic rings. The Bertz CT molecular complexity index is 1380. The van der Waals surface area contributed by atoms with Crippen molar-refractivity contribution >= 4 is 26.4 Å². The van der Waals surface area contributed by atoms with E-state index in [2.05, 4.69) is 64.2 Å². The molecule has 0 radical (unpaired) electrons. The average molecular weight is 473 g/mol. The minimum atomic E-state index is -3.68. The Balaban J connectivity index is 1.54. The molecule has 0 amide bonds. The van der Waals surface area contributed by atoms with Crippen molar-refractivity contribution in [3.8, 4) is 0 Å². The highest BCUT2D eigenvalue weighted by molar-refractivity contribution is 7.91. The summed E-state index contributed by atoms with van der Waals surface area (Å²) in [6, 6.07) is 25.5. The molecule has 1 fully saturated rings. The second-order valence-electron chi connectivity index (χ2n) is 8.80. The Kier molecular flexibility index (Phi) is 6.35. The second-order valence-corrected chi connectivity index (χ2v) is 10.7. The summed E-state index contributed by atoms with van der Waals surface area (Å²) in [5, 5.41) is 0.966. The molecule has 5 rings (SSSR count). The molecule has 6 heteroatoms. The maximum absolute atomic E-state index is 13.7. The highest BCUT2D eigenvalue weighted by atomic mass is 32.2. The fourth-order valence-corrected chi connectivity index (χ4v) is 6.18. The van der Waals surface area contributed by atoms with Gasteiger partial charge in [0.25, 0.3) is 0 Å². The maximum atomic E-state index is 13.7. The molecule has 0 saturated carbocycles. The van der Waals surface area contributed by atoms with E-state index in [9.17, 15) is 8.42 Å². The fourth-order valence-electron chi connectivity index (χ4n) is 4.71. The molecule has 1 aromatic heterocycles. The van der Waals surface area contributed by atoms with Crippen LogP contribution in [0.15, 0.2) is 94.9 Å². The van der Waals surface area contributed by atoms with Crippen molar-refractivity contribution in [3.05, 3.63) is 96.2 Å². The minimum absolute atomic E-state index is 0.318. The summed E-state index contributed by atoms with van der Waals surface area (Å²) in [7, 11) is -3.68. The molecule has 0 spiro atoms. The first-order valence-electron chi connectivity index (χ1n) is 11.8. The van der Waals surface area contributed by atoms with Gasteiger partial charge in [0.05, 0.1) is 16.0 Å². The van der Waals surface area contributed by atoms with Crippen LogP contribution >= 0.6 is 0 Å². The third kappa shape index (κ3) is 4.43. The van der Waals surface area contributed by atoms with Gasteiger partial charge in [0, 0.05) is 38.8 Å². The number of H-pyrrole nitrogens is 1. The highest BCUT2D eigenvalue weighted by Crippen LogP contribution is 2.35. The summed E-state index contributed by atoms with van der Waals surface area (Å²) in [6.07, 6.45) is 2.57.